The molecule has 69 heavy (non-hydrogen) atoms. The van der Waals surface area contributed by atoms with Crippen LogP contribution in [0.4, 0.5) is 0 Å². The quantitative estimate of drug-likeness (QED) is 0.173. The second-order valence-corrected chi connectivity index (χ2v) is 18.2. The molecule has 10 aromatic carbocycles. The molecule has 3 heterocycles. The first kappa shape index (κ1) is 38.0. The molecule has 2 aliphatic carbocycles. The van der Waals surface area contributed by atoms with E-state index < -0.39 is 5.41 Å². The van der Waals surface area contributed by atoms with E-state index in [2.05, 4.69) is 205 Å². The van der Waals surface area contributed by atoms with Crippen LogP contribution in [0.5, 0.6) is 0 Å². The lowest BCUT2D eigenvalue weighted by Crippen LogP contribution is -2.25. The van der Waals surface area contributed by atoms with Gasteiger partial charge in [-0.15, -0.1) is 0 Å². The highest BCUT2D eigenvalue weighted by molar-refractivity contribution is 6.17. The summed E-state index contributed by atoms with van der Waals surface area (Å²) >= 11 is 0. The molecule has 5 heteroatoms. The van der Waals surface area contributed by atoms with Crippen molar-refractivity contribution in [3.05, 3.63) is 253 Å². The van der Waals surface area contributed by atoms with Crippen LogP contribution in [0, 0.1) is 0 Å². The SMILES string of the molecule is c1ccc(-c2cccc(-c3nc(-c4ccccc4)nc(-c4ccc(-n5c6ccccc6c6cc7c(cc65)C5(c6ccccc6-c6ccccc65)c5ccccc5-7)c5oc6ccccc6c45)n3)c2)cc1. The van der Waals surface area contributed by atoms with Gasteiger partial charge < -0.3 is 8.98 Å². The summed E-state index contributed by atoms with van der Waals surface area (Å²) in [6.45, 7) is 0. The molecule has 0 bridgehead atoms. The van der Waals surface area contributed by atoms with E-state index in [9.17, 15) is 0 Å². The Balaban J connectivity index is 1.00. The summed E-state index contributed by atoms with van der Waals surface area (Å²) in [7, 11) is 0. The van der Waals surface area contributed by atoms with Gasteiger partial charge in [0.2, 0.25) is 0 Å². The summed E-state index contributed by atoms with van der Waals surface area (Å²) in [6.07, 6.45) is 0. The molecule has 5 nitrogen and oxygen atoms in total. The smallest absolute Gasteiger partial charge is 0.164 e. The van der Waals surface area contributed by atoms with E-state index in [4.69, 9.17) is 19.4 Å². The average molecular weight is 879 g/mol. The summed E-state index contributed by atoms with van der Waals surface area (Å²) in [5, 5.41) is 4.32. The zero-order valence-corrected chi connectivity index (χ0v) is 37.1. The third-order valence-corrected chi connectivity index (χ3v) is 14.7. The number of fused-ring (bicyclic) bond motifs is 16. The molecule has 0 amide bonds. The Morgan fingerprint density at radius 3 is 1.61 bits per heavy atom. The normalized spacial score (nSPS) is 13.0. The molecule has 0 saturated heterocycles. The summed E-state index contributed by atoms with van der Waals surface area (Å²) in [6, 6.07) is 82.5. The summed E-state index contributed by atoms with van der Waals surface area (Å²) in [4.78, 5) is 15.7. The number of aromatic nitrogens is 4. The maximum Gasteiger partial charge on any atom is 0.164 e. The monoisotopic (exact) mass is 878 g/mol. The number of hydrogen-bond donors (Lipinski definition) is 0. The van der Waals surface area contributed by atoms with Gasteiger partial charge in [0.1, 0.15) is 5.58 Å². The predicted molar refractivity (Wildman–Crippen MR) is 279 cm³/mol. The zero-order valence-electron chi connectivity index (χ0n) is 37.1. The molecular weight excluding hydrogens is 841 g/mol. The minimum absolute atomic E-state index is 0.486. The van der Waals surface area contributed by atoms with Crippen molar-refractivity contribution < 1.29 is 4.42 Å². The van der Waals surface area contributed by atoms with Gasteiger partial charge in [0.25, 0.3) is 0 Å². The Morgan fingerprint density at radius 1 is 0.333 bits per heavy atom. The Hall–Kier alpha value is -9.19. The van der Waals surface area contributed by atoms with E-state index in [1.165, 1.54) is 55.3 Å². The molecule has 0 N–H and O–H groups in total. The number of rotatable bonds is 5. The molecule has 3 aromatic heterocycles. The van der Waals surface area contributed by atoms with E-state index in [-0.39, 0.29) is 0 Å². The minimum atomic E-state index is -0.486. The topological polar surface area (TPSA) is 56.7 Å². The summed E-state index contributed by atoms with van der Waals surface area (Å²) in [5.41, 5.74) is 19.5. The first-order chi connectivity index (χ1) is 34.2. The molecule has 0 saturated carbocycles. The fraction of sp³-hybridized carbons (Fsp3) is 0.0156. The van der Waals surface area contributed by atoms with Crippen molar-refractivity contribution in [2.24, 2.45) is 0 Å². The highest BCUT2D eigenvalue weighted by Crippen LogP contribution is 2.63. The minimum Gasteiger partial charge on any atom is -0.454 e. The third-order valence-electron chi connectivity index (χ3n) is 14.7. The van der Waals surface area contributed by atoms with Gasteiger partial charge >= 0.3 is 0 Å². The third kappa shape index (κ3) is 5.32. The van der Waals surface area contributed by atoms with Crippen molar-refractivity contribution in [2.45, 2.75) is 5.41 Å². The largest absolute Gasteiger partial charge is 0.454 e. The van der Waals surface area contributed by atoms with Crippen molar-refractivity contribution in [3.8, 4) is 73.2 Å². The van der Waals surface area contributed by atoms with Crippen LogP contribution in [0.25, 0.3) is 117 Å². The van der Waals surface area contributed by atoms with Gasteiger partial charge in [-0.05, 0) is 98.1 Å². The van der Waals surface area contributed by atoms with Crippen molar-refractivity contribution in [1.82, 2.24) is 19.5 Å². The molecule has 15 rings (SSSR count). The molecule has 0 radical (unpaired) electrons. The van der Waals surface area contributed by atoms with Gasteiger partial charge in [0.05, 0.1) is 22.1 Å². The second kappa shape index (κ2) is 14.4. The van der Waals surface area contributed by atoms with Crippen LogP contribution < -0.4 is 0 Å². The molecule has 2 aliphatic rings. The lowest BCUT2D eigenvalue weighted by Gasteiger charge is -2.30. The lowest BCUT2D eigenvalue weighted by atomic mass is 9.70. The van der Waals surface area contributed by atoms with Crippen LogP contribution in [-0.2, 0) is 5.41 Å². The van der Waals surface area contributed by atoms with Gasteiger partial charge in [0.15, 0.2) is 23.1 Å². The van der Waals surface area contributed by atoms with Crippen LogP contribution in [0.1, 0.15) is 22.3 Å². The van der Waals surface area contributed by atoms with Gasteiger partial charge in [-0.25, -0.2) is 15.0 Å². The molecule has 0 fully saturated rings. The average Bonchev–Trinajstić information content (AvgIpc) is 4.14. The molecule has 0 unspecified atom stereocenters. The van der Waals surface area contributed by atoms with E-state index in [0.29, 0.717) is 17.5 Å². The maximum absolute atomic E-state index is 7.10. The van der Waals surface area contributed by atoms with Gasteiger partial charge in [-0.3, -0.25) is 0 Å². The summed E-state index contributed by atoms with van der Waals surface area (Å²) in [5.74, 6) is 1.78. The fourth-order valence-electron chi connectivity index (χ4n) is 11.8. The van der Waals surface area contributed by atoms with Crippen LogP contribution in [0.2, 0.25) is 0 Å². The number of hydrogen-bond acceptors (Lipinski definition) is 4. The van der Waals surface area contributed by atoms with Crippen molar-refractivity contribution in [1.29, 1.82) is 0 Å². The number of nitrogens with zero attached hydrogens (tertiary/aromatic N) is 4. The van der Waals surface area contributed by atoms with Crippen LogP contribution in [-0.4, -0.2) is 19.5 Å². The molecule has 0 aliphatic heterocycles. The standard InChI is InChI=1S/C64H38N4O/c1-3-18-39(19-4-1)41-22-17-23-42(36-41)62-65-61(40-20-5-2-6-21-40)66-63(67-62)48-34-35-56(60-59(48)47-28-11-16-33-58(47)69-60)68-55-32-15-10-27-46(55)50-37-49-45-26-9-14-31-53(45)64(54(49)38-57(50)68)51-29-12-7-24-43(51)44-25-8-13-30-52(44)64/h1-38H. The van der Waals surface area contributed by atoms with Gasteiger partial charge in [-0.2, -0.15) is 0 Å². The number of furan rings is 1. The lowest BCUT2D eigenvalue weighted by molar-refractivity contribution is 0.666. The van der Waals surface area contributed by atoms with Crippen molar-refractivity contribution >= 4 is 43.7 Å². The van der Waals surface area contributed by atoms with Crippen molar-refractivity contribution in [2.75, 3.05) is 0 Å². The molecule has 1 spiro atoms. The first-order valence-corrected chi connectivity index (χ1v) is 23.5. The predicted octanol–water partition coefficient (Wildman–Crippen LogP) is 15.9. The van der Waals surface area contributed by atoms with Crippen LogP contribution in [0.15, 0.2) is 235 Å². The van der Waals surface area contributed by atoms with Crippen molar-refractivity contribution in [3.63, 3.8) is 0 Å². The number of benzene rings is 10. The molecule has 0 atom stereocenters. The number of para-hydroxylation sites is 2. The fourth-order valence-corrected chi connectivity index (χ4v) is 11.8. The van der Waals surface area contributed by atoms with E-state index in [1.807, 2.05) is 30.3 Å². The summed E-state index contributed by atoms with van der Waals surface area (Å²) < 4.78 is 9.52. The van der Waals surface area contributed by atoms with E-state index >= 15 is 0 Å². The van der Waals surface area contributed by atoms with Gasteiger partial charge in [-0.1, -0.05) is 188 Å². The molecule has 13 aromatic rings. The van der Waals surface area contributed by atoms with Crippen LogP contribution >= 0.6 is 0 Å². The van der Waals surface area contributed by atoms with E-state index in [1.54, 1.807) is 0 Å². The molecule has 320 valence electrons. The van der Waals surface area contributed by atoms with Crippen LogP contribution in [0.3, 0.4) is 0 Å². The first-order valence-electron chi connectivity index (χ1n) is 23.5. The maximum atomic E-state index is 7.10. The second-order valence-electron chi connectivity index (χ2n) is 18.2. The molecular formula is C64H38N4O. The Kier molecular flexibility index (Phi) is 7.93. The highest BCUT2D eigenvalue weighted by atomic mass is 16.3. The Bertz CT molecular complexity index is 4210. The van der Waals surface area contributed by atoms with Gasteiger partial charge in [0, 0.05) is 38.2 Å². The zero-order chi connectivity index (χ0) is 45.2. The Labute approximate surface area is 397 Å². The van der Waals surface area contributed by atoms with E-state index in [0.717, 1.165) is 66.5 Å². The Morgan fingerprint density at radius 2 is 0.884 bits per heavy atom. The highest BCUT2D eigenvalue weighted by Gasteiger charge is 2.51.